The molecule has 0 bridgehead atoms. The van der Waals surface area contributed by atoms with E-state index in [1.165, 1.54) is 0 Å². The maximum atomic E-state index is 12.8. The second-order valence-electron chi connectivity index (χ2n) is 6.71. The molecule has 25 heavy (non-hydrogen) atoms. The molecule has 4 rings (SSSR count). The first-order valence-electron chi connectivity index (χ1n) is 8.26. The average molecular weight is 340 g/mol. The maximum Gasteiger partial charge on any atom is 0.255 e. The van der Waals surface area contributed by atoms with E-state index in [1.807, 2.05) is 24.6 Å². The fourth-order valence-corrected chi connectivity index (χ4v) is 3.38. The number of nitrogens with zero attached hydrogens (tertiary/aromatic N) is 5. The molecule has 3 aromatic heterocycles. The zero-order valence-corrected chi connectivity index (χ0v) is 14.2. The number of amides is 1. The highest BCUT2D eigenvalue weighted by molar-refractivity contribution is 5.96. The van der Waals surface area contributed by atoms with Crippen LogP contribution in [-0.4, -0.2) is 59.8 Å². The van der Waals surface area contributed by atoms with Crippen molar-refractivity contribution in [2.45, 2.75) is 19.4 Å². The lowest BCUT2D eigenvalue weighted by Gasteiger charge is -2.15. The van der Waals surface area contributed by atoms with Gasteiger partial charge in [-0.15, -0.1) is 0 Å². The van der Waals surface area contributed by atoms with Gasteiger partial charge in [0.15, 0.2) is 5.65 Å². The number of carbonyl (C=O) groups excluding carboxylic acids is 1. The Morgan fingerprint density at radius 2 is 2.20 bits per heavy atom. The molecule has 1 fully saturated rings. The molecule has 3 aromatic rings. The molecule has 8 heteroatoms. The summed E-state index contributed by atoms with van der Waals surface area (Å²) < 4.78 is 1.81. The van der Waals surface area contributed by atoms with Crippen LogP contribution in [0, 0.1) is 12.8 Å². The van der Waals surface area contributed by atoms with Crippen molar-refractivity contribution >= 4 is 17.1 Å². The van der Waals surface area contributed by atoms with E-state index in [9.17, 15) is 9.90 Å². The molecule has 0 spiro atoms. The number of fused-ring (bicyclic) bond motifs is 1. The molecule has 1 amide bonds. The summed E-state index contributed by atoms with van der Waals surface area (Å²) in [4.78, 5) is 23.0. The Morgan fingerprint density at radius 3 is 2.96 bits per heavy atom. The first-order chi connectivity index (χ1) is 12.0. The molecule has 0 aliphatic carbocycles. The van der Waals surface area contributed by atoms with Crippen molar-refractivity contribution in [3.8, 4) is 0 Å². The summed E-state index contributed by atoms with van der Waals surface area (Å²) >= 11 is 0. The van der Waals surface area contributed by atoms with Crippen LogP contribution in [0.1, 0.15) is 21.7 Å². The Bertz CT molecular complexity index is 930. The number of aromatic amines is 1. The summed E-state index contributed by atoms with van der Waals surface area (Å²) in [5, 5.41) is 17.5. The zero-order chi connectivity index (χ0) is 17.6. The van der Waals surface area contributed by atoms with Crippen LogP contribution in [0.5, 0.6) is 0 Å². The molecule has 4 heterocycles. The lowest BCUT2D eigenvalue weighted by atomic mass is 10.0. The van der Waals surface area contributed by atoms with Crippen LogP contribution in [0.2, 0.25) is 0 Å². The molecule has 0 saturated carbocycles. The van der Waals surface area contributed by atoms with Crippen LogP contribution in [-0.2, 0) is 13.5 Å². The van der Waals surface area contributed by atoms with Gasteiger partial charge in [-0.2, -0.15) is 5.10 Å². The molecule has 2 atom stereocenters. The van der Waals surface area contributed by atoms with Crippen LogP contribution in [0.4, 0.5) is 0 Å². The van der Waals surface area contributed by atoms with E-state index < -0.39 is 6.10 Å². The van der Waals surface area contributed by atoms with Crippen LogP contribution in [0.15, 0.2) is 24.7 Å². The molecule has 1 saturated heterocycles. The lowest BCUT2D eigenvalue weighted by Crippen LogP contribution is -2.29. The number of pyridine rings is 1. The monoisotopic (exact) mass is 340 g/mol. The van der Waals surface area contributed by atoms with Crippen molar-refractivity contribution in [2.75, 3.05) is 13.1 Å². The molecule has 130 valence electrons. The Hall–Kier alpha value is -2.74. The zero-order valence-electron chi connectivity index (χ0n) is 14.2. The largest absolute Gasteiger partial charge is 0.391 e. The quantitative estimate of drug-likeness (QED) is 0.730. The summed E-state index contributed by atoms with van der Waals surface area (Å²) in [6.07, 6.45) is 3.34. The number of hydrogen-bond donors (Lipinski definition) is 2. The van der Waals surface area contributed by atoms with Gasteiger partial charge in [0, 0.05) is 37.9 Å². The second-order valence-corrected chi connectivity index (χ2v) is 6.71. The predicted molar refractivity (Wildman–Crippen MR) is 90.9 cm³/mol. The van der Waals surface area contributed by atoms with Gasteiger partial charge in [0.25, 0.3) is 5.91 Å². The average Bonchev–Trinajstić information content (AvgIpc) is 3.28. The standard InChI is InChI=1S/C17H20N6O2/c1-10-3-13(21-20-10)4-12-7-23(8-15(12)24)17(25)11-5-14-16(18-6-11)22(2)9-19-14/h3,5-6,9,12,15,24H,4,7-8H2,1-2H3,(H,20,21)/t12-,15+/m1/s1. The highest BCUT2D eigenvalue weighted by Crippen LogP contribution is 2.23. The minimum absolute atomic E-state index is 0.0156. The number of hydrogen-bond acceptors (Lipinski definition) is 5. The van der Waals surface area contributed by atoms with Gasteiger partial charge in [-0.05, 0) is 25.5 Å². The van der Waals surface area contributed by atoms with E-state index in [4.69, 9.17) is 0 Å². The Labute approximate surface area is 144 Å². The SMILES string of the molecule is Cc1cc(C[C@@H]2CN(C(=O)c3cnc4c(c3)ncn4C)C[C@@H]2O)n[nH]1. The summed E-state index contributed by atoms with van der Waals surface area (Å²) in [7, 11) is 1.86. The topological polar surface area (TPSA) is 99.9 Å². The van der Waals surface area contributed by atoms with Gasteiger partial charge in [-0.1, -0.05) is 0 Å². The van der Waals surface area contributed by atoms with Gasteiger partial charge in [0.2, 0.25) is 0 Å². The predicted octanol–water partition coefficient (Wildman–Crippen LogP) is 0.675. The van der Waals surface area contributed by atoms with Gasteiger partial charge < -0.3 is 14.6 Å². The number of aliphatic hydroxyl groups is 1. The van der Waals surface area contributed by atoms with Crippen LogP contribution in [0.3, 0.4) is 0 Å². The van der Waals surface area contributed by atoms with Gasteiger partial charge in [-0.3, -0.25) is 9.89 Å². The Morgan fingerprint density at radius 1 is 1.36 bits per heavy atom. The van der Waals surface area contributed by atoms with Gasteiger partial charge in [-0.25, -0.2) is 9.97 Å². The molecule has 1 aliphatic rings. The van der Waals surface area contributed by atoms with Crippen LogP contribution >= 0.6 is 0 Å². The molecular weight excluding hydrogens is 320 g/mol. The number of aryl methyl sites for hydroxylation is 2. The lowest BCUT2D eigenvalue weighted by molar-refractivity contribution is 0.0764. The van der Waals surface area contributed by atoms with Crippen molar-refractivity contribution in [1.29, 1.82) is 0 Å². The van der Waals surface area contributed by atoms with Gasteiger partial charge in [0.05, 0.1) is 23.7 Å². The molecule has 8 nitrogen and oxygen atoms in total. The van der Waals surface area contributed by atoms with Crippen molar-refractivity contribution in [3.05, 3.63) is 41.6 Å². The maximum absolute atomic E-state index is 12.8. The third-order valence-electron chi connectivity index (χ3n) is 4.72. The fourth-order valence-electron chi connectivity index (χ4n) is 3.38. The molecule has 2 N–H and O–H groups in total. The van der Waals surface area contributed by atoms with Crippen LogP contribution in [0.25, 0.3) is 11.2 Å². The van der Waals surface area contributed by atoms with Crippen molar-refractivity contribution in [1.82, 2.24) is 29.6 Å². The normalized spacial score (nSPS) is 20.5. The highest BCUT2D eigenvalue weighted by atomic mass is 16.3. The Kier molecular flexibility index (Phi) is 3.76. The number of carbonyl (C=O) groups is 1. The molecule has 0 unspecified atom stereocenters. The molecule has 0 radical (unpaired) electrons. The van der Waals surface area contributed by atoms with Gasteiger partial charge >= 0.3 is 0 Å². The van der Waals surface area contributed by atoms with Crippen molar-refractivity contribution < 1.29 is 9.90 Å². The fraction of sp³-hybridized carbons (Fsp3) is 0.412. The molecular formula is C17H20N6O2. The number of aliphatic hydroxyl groups excluding tert-OH is 1. The highest BCUT2D eigenvalue weighted by Gasteiger charge is 2.35. The summed E-state index contributed by atoms with van der Waals surface area (Å²) in [6.45, 7) is 2.78. The number of rotatable bonds is 3. The smallest absolute Gasteiger partial charge is 0.255 e. The van der Waals surface area contributed by atoms with Crippen molar-refractivity contribution in [3.63, 3.8) is 0 Å². The third kappa shape index (κ3) is 2.89. The minimum atomic E-state index is -0.549. The van der Waals surface area contributed by atoms with Gasteiger partial charge in [0.1, 0.15) is 5.52 Å². The molecule has 1 aliphatic heterocycles. The van der Waals surface area contributed by atoms with Crippen molar-refractivity contribution in [2.24, 2.45) is 13.0 Å². The van der Waals surface area contributed by atoms with E-state index in [1.54, 1.807) is 23.5 Å². The summed E-state index contributed by atoms with van der Waals surface area (Å²) in [5.41, 5.74) is 3.83. The number of nitrogens with one attached hydrogen (secondary N) is 1. The van der Waals surface area contributed by atoms with E-state index in [0.29, 0.717) is 30.6 Å². The summed E-state index contributed by atoms with van der Waals surface area (Å²) in [5.74, 6) is -0.141. The number of β-amino-alcohol motifs (C(OH)–C–C–N with tert-alkyl or cyclic N) is 1. The minimum Gasteiger partial charge on any atom is -0.391 e. The first kappa shape index (κ1) is 15.8. The number of likely N-dealkylation sites (tertiary alicyclic amines) is 1. The van der Waals surface area contributed by atoms with E-state index >= 15 is 0 Å². The molecule has 0 aromatic carbocycles. The number of imidazole rings is 1. The third-order valence-corrected chi connectivity index (χ3v) is 4.72. The van der Waals surface area contributed by atoms with E-state index in [0.717, 1.165) is 17.0 Å². The number of H-pyrrole nitrogens is 1. The summed E-state index contributed by atoms with van der Waals surface area (Å²) in [6, 6.07) is 3.72. The van der Waals surface area contributed by atoms with E-state index in [2.05, 4.69) is 20.2 Å². The Balaban J connectivity index is 1.50. The second kappa shape index (κ2) is 5.96. The van der Waals surface area contributed by atoms with Crippen LogP contribution < -0.4 is 0 Å². The van der Waals surface area contributed by atoms with E-state index in [-0.39, 0.29) is 11.8 Å². The first-order valence-corrected chi connectivity index (χ1v) is 8.26. The number of aromatic nitrogens is 5.